The van der Waals surface area contributed by atoms with Crippen molar-refractivity contribution in [2.45, 2.75) is 45.3 Å². The molecule has 0 saturated carbocycles. The fourth-order valence-corrected chi connectivity index (χ4v) is 4.96. The molecule has 2 atom stereocenters. The molecule has 38 heavy (non-hydrogen) atoms. The number of benzene rings is 2. The SMILES string of the molecule is CCCCOC[C@H]1CN(c2nc(-c3ccccc3O)nc3cc(C)ccc23)CCN1C(=O)O[C@@H]1CCOC1. The number of unbranched alkanes of at least 4 members (excludes halogenated alkanes) is 1. The van der Waals surface area contributed by atoms with E-state index in [1.54, 1.807) is 17.0 Å². The molecule has 0 radical (unpaired) electrons. The van der Waals surface area contributed by atoms with Gasteiger partial charge in [0.2, 0.25) is 0 Å². The maximum Gasteiger partial charge on any atom is 0.410 e. The van der Waals surface area contributed by atoms with Gasteiger partial charge in [0, 0.05) is 38.0 Å². The van der Waals surface area contributed by atoms with Crippen molar-refractivity contribution in [1.29, 1.82) is 0 Å². The number of anilines is 1. The Kier molecular flexibility index (Phi) is 8.24. The molecule has 0 spiro atoms. The van der Waals surface area contributed by atoms with Gasteiger partial charge in [0.25, 0.3) is 0 Å². The largest absolute Gasteiger partial charge is 0.507 e. The Morgan fingerprint density at radius 2 is 2.05 bits per heavy atom. The minimum atomic E-state index is -0.317. The molecule has 2 aromatic carbocycles. The van der Waals surface area contributed by atoms with Gasteiger partial charge in [-0.15, -0.1) is 0 Å². The quantitative estimate of drug-likeness (QED) is 0.433. The van der Waals surface area contributed by atoms with E-state index in [1.807, 2.05) is 31.2 Å². The number of hydrogen-bond acceptors (Lipinski definition) is 8. The fraction of sp³-hybridized carbons (Fsp3) is 0.483. The first-order valence-corrected chi connectivity index (χ1v) is 13.5. The van der Waals surface area contributed by atoms with Crippen LogP contribution in [0.1, 0.15) is 31.7 Å². The Bertz CT molecular complexity index is 1260. The second kappa shape index (κ2) is 12.0. The van der Waals surface area contributed by atoms with Crippen molar-refractivity contribution < 1.29 is 24.1 Å². The molecule has 1 N–H and O–H groups in total. The van der Waals surface area contributed by atoms with Crippen molar-refractivity contribution in [2.75, 3.05) is 51.0 Å². The molecule has 9 nitrogen and oxygen atoms in total. The summed E-state index contributed by atoms with van der Waals surface area (Å²) in [5.41, 5.74) is 2.49. The number of ether oxygens (including phenoxy) is 3. The summed E-state index contributed by atoms with van der Waals surface area (Å²) in [5, 5.41) is 11.4. The number of carbonyl (C=O) groups is 1. The van der Waals surface area contributed by atoms with Crippen LogP contribution in [-0.4, -0.2) is 84.3 Å². The summed E-state index contributed by atoms with van der Waals surface area (Å²) in [4.78, 5) is 26.9. The maximum absolute atomic E-state index is 13.1. The summed E-state index contributed by atoms with van der Waals surface area (Å²) in [6, 6.07) is 13.0. The monoisotopic (exact) mass is 520 g/mol. The Morgan fingerprint density at radius 3 is 2.84 bits per heavy atom. The number of aromatic hydroxyl groups is 1. The maximum atomic E-state index is 13.1. The molecule has 9 heteroatoms. The van der Waals surface area contributed by atoms with Crippen LogP contribution in [0, 0.1) is 6.92 Å². The Hall–Kier alpha value is -3.43. The summed E-state index contributed by atoms with van der Waals surface area (Å²) >= 11 is 0. The minimum Gasteiger partial charge on any atom is -0.507 e. The number of fused-ring (bicyclic) bond motifs is 1. The van der Waals surface area contributed by atoms with E-state index < -0.39 is 0 Å². The first-order valence-electron chi connectivity index (χ1n) is 13.5. The number of para-hydroxylation sites is 1. The van der Waals surface area contributed by atoms with Gasteiger partial charge in [-0.25, -0.2) is 14.8 Å². The molecule has 2 saturated heterocycles. The van der Waals surface area contributed by atoms with Crippen LogP contribution in [0.15, 0.2) is 42.5 Å². The second-order valence-corrected chi connectivity index (χ2v) is 10.00. The van der Waals surface area contributed by atoms with Crippen molar-refractivity contribution in [3.8, 4) is 17.1 Å². The molecule has 3 heterocycles. The van der Waals surface area contributed by atoms with Gasteiger partial charge in [0.15, 0.2) is 5.82 Å². The van der Waals surface area contributed by atoms with Crippen molar-refractivity contribution in [3.63, 3.8) is 0 Å². The number of phenols is 1. The van der Waals surface area contributed by atoms with E-state index in [0.717, 1.165) is 41.5 Å². The highest BCUT2D eigenvalue weighted by Gasteiger charge is 2.35. The lowest BCUT2D eigenvalue weighted by atomic mass is 10.1. The van der Waals surface area contributed by atoms with E-state index in [4.69, 9.17) is 24.2 Å². The van der Waals surface area contributed by atoms with E-state index in [-0.39, 0.29) is 24.0 Å². The van der Waals surface area contributed by atoms with Gasteiger partial charge < -0.3 is 24.2 Å². The normalized spacial score (nSPS) is 19.7. The predicted octanol–water partition coefficient (Wildman–Crippen LogP) is 4.54. The molecule has 2 aliphatic heterocycles. The van der Waals surface area contributed by atoms with Crippen molar-refractivity contribution >= 4 is 22.8 Å². The van der Waals surface area contributed by atoms with Crippen molar-refractivity contribution in [2.24, 2.45) is 0 Å². The molecule has 2 fully saturated rings. The Morgan fingerprint density at radius 1 is 1.18 bits per heavy atom. The molecular weight excluding hydrogens is 484 g/mol. The smallest absolute Gasteiger partial charge is 0.410 e. The summed E-state index contributed by atoms with van der Waals surface area (Å²) in [5.74, 6) is 1.38. The highest BCUT2D eigenvalue weighted by atomic mass is 16.6. The topological polar surface area (TPSA) is 97.3 Å². The average molecular weight is 521 g/mol. The Balaban J connectivity index is 1.45. The number of rotatable bonds is 8. The minimum absolute atomic E-state index is 0.135. The van der Waals surface area contributed by atoms with Crippen LogP contribution in [0.3, 0.4) is 0 Å². The van der Waals surface area contributed by atoms with Crippen LogP contribution in [0.2, 0.25) is 0 Å². The van der Waals surface area contributed by atoms with Crippen molar-refractivity contribution in [1.82, 2.24) is 14.9 Å². The number of piperazine rings is 1. The van der Waals surface area contributed by atoms with Crippen LogP contribution in [0.25, 0.3) is 22.3 Å². The second-order valence-electron chi connectivity index (χ2n) is 10.00. The van der Waals surface area contributed by atoms with Crippen LogP contribution in [0.4, 0.5) is 10.6 Å². The van der Waals surface area contributed by atoms with E-state index >= 15 is 0 Å². The number of aromatic nitrogens is 2. The van der Waals surface area contributed by atoms with Gasteiger partial charge in [-0.1, -0.05) is 31.5 Å². The molecule has 1 amide bonds. The zero-order valence-electron chi connectivity index (χ0n) is 22.1. The predicted molar refractivity (Wildman–Crippen MR) is 146 cm³/mol. The van der Waals surface area contributed by atoms with Gasteiger partial charge in [0.05, 0.1) is 36.9 Å². The molecule has 0 bridgehead atoms. The van der Waals surface area contributed by atoms with Gasteiger partial charge >= 0.3 is 6.09 Å². The zero-order valence-corrected chi connectivity index (χ0v) is 22.1. The fourth-order valence-electron chi connectivity index (χ4n) is 4.96. The van der Waals surface area contributed by atoms with E-state index in [2.05, 4.69) is 17.9 Å². The van der Waals surface area contributed by atoms with Gasteiger partial charge in [-0.05, 0) is 43.2 Å². The van der Waals surface area contributed by atoms with Crippen molar-refractivity contribution in [3.05, 3.63) is 48.0 Å². The molecule has 1 aromatic heterocycles. The molecule has 3 aromatic rings. The van der Waals surface area contributed by atoms with Crippen LogP contribution >= 0.6 is 0 Å². The Labute approximate surface area is 223 Å². The third-order valence-electron chi connectivity index (χ3n) is 7.10. The third kappa shape index (κ3) is 5.84. The first kappa shape index (κ1) is 26.2. The highest BCUT2D eigenvalue weighted by Crippen LogP contribution is 2.33. The number of aryl methyl sites for hydroxylation is 1. The molecule has 0 aliphatic carbocycles. The molecule has 202 valence electrons. The molecular formula is C29H36N4O5. The number of amides is 1. The number of carbonyl (C=O) groups excluding carboxylic acids is 1. The third-order valence-corrected chi connectivity index (χ3v) is 7.10. The number of nitrogens with zero attached hydrogens (tertiary/aromatic N) is 4. The van der Waals surface area contributed by atoms with Gasteiger partial charge in [-0.2, -0.15) is 0 Å². The summed E-state index contributed by atoms with van der Waals surface area (Å²) in [6.07, 6.45) is 2.23. The summed E-state index contributed by atoms with van der Waals surface area (Å²) in [7, 11) is 0. The standard InChI is InChI=1S/C29H36N4O5/c1-3-4-14-36-18-21-17-32(12-13-33(21)29(35)38-22-11-15-37-19-22)28-23-10-9-20(2)16-25(23)30-27(31-28)24-7-5-6-8-26(24)34/h5-10,16,21-22,34H,3-4,11-15,17-19H2,1-2H3/t21-,22-/m1/s1. The van der Waals surface area contributed by atoms with Gasteiger partial charge in [0.1, 0.15) is 17.7 Å². The summed E-state index contributed by atoms with van der Waals surface area (Å²) in [6.45, 7) is 7.91. The summed E-state index contributed by atoms with van der Waals surface area (Å²) < 4.78 is 17.1. The van der Waals surface area contributed by atoms with Gasteiger partial charge in [-0.3, -0.25) is 4.90 Å². The van der Waals surface area contributed by atoms with Crippen LogP contribution in [-0.2, 0) is 14.2 Å². The van der Waals surface area contributed by atoms with Crippen LogP contribution in [0.5, 0.6) is 5.75 Å². The van der Waals surface area contributed by atoms with Crippen LogP contribution < -0.4 is 4.90 Å². The molecule has 0 unspecified atom stereocenters. The molecule has 5 rings (SSSR count). The van der Waals surface area contributed by atoms with E-state index in [1.165, 1.54) is 0 Å². The lowest BCUT2D eigenvalue weighted by Crippen LogP contribution is -2.57. The molecule has 2 aliphatic rings. The lowest BCUT2D eigenvalue weighted by molar-refractivity contribution is 0.0178. The highest BCUT2D eigenvalue weighted by molar-refractivity contribution is 5.92. The van der Waals surface area contributed by atoms with E-state index in [0.29, 0.717) is 57.4 Å². The zero-order chi connectivity index (χ0) is 26.5. The number of hydrogen-bond donors (Lipinski definition) is 1. The first-order chi connectivity index (χ1) is 18.5. The lowest BCUT2D eigenvalue weighted by Gasteiger charge is -2.41. The number of phenolic OH excluding ortho intramolecular Hbond substituents is 1. The van der Waals surface area contributed by atoms with E-state index in [9.17, 15) is 9.90 Å². The average Bonchev–Trinajstić information content (AvgIpc) is 3.43.